The van der Waals surface area contributed by atoms with Gasteiger partial charge in [-0.2, -0.15) is 0 Å². The molecule has 0 aliphatic carbocycles. The monoisotopic (exact) mass is 518 g/mol. The van der Waals surface area contributed by atoms with Crippen LogP contribution in [-0.4, -0.2) is 28.1 Å². The van der Waals surface area contributed by atoms with Crippen LogP contribution in [0.25, 0.3) is 0 Å². The number of halogens is 2. The third kappa shape index (κ3) is 10.0. The molecule has 0 fully saturated rings. The van der Waals surface area contributed by atoms with Gasteiger partial charge in [-0.3, -0.25) is 0 Å². The van der Waals surface area contributed by atoms with E-state index in [-0.39, 0.29) is 15.1 Å². The molecule has 4 nitrogen and oxygen atoms in total. The van der Waals surface area contributed by atoms with Crippen LogP contribution in [0.2, 0.25) is 0 Å². The quantitative estimate of drug-likeness (QED) is 0.387. The van der Waals surface area contributed by atoms with Crippen molar-refractivity contribution in [2.45, 2.75) is 31.6 Å². The number of benzene rings is 2. The summed E-state index contributed by atoms with van der Waals surface area (Å²) in [6.45, 7) is 5.95. The van der Waals surface area contributed by atoms with Crippen LogP contribution in [0.15, 0.2) is 53.4 Å². The van der Waals surface area contributed by atoms with E-state index in [4.69, 9.17) is 19.4 Å². The molecule has 2 aromatic rings. The van der Waals surface area contributed by atoms with Crippen LogP contribution >= 0.6 is 19.4 Å². The fourth-order valence-electron chi connectivity index (χ4n) is 2.49. The van der Waals surface area contributed by atoms with Gasteiger partial charge in [0.05, 0.1) is 4.90 Å². The van der Waals surface area contributed by atoms with E-state index in [0.717, 1.165) is 24.9 Å². The van der Waals surface area contributed by atoms with Gasteiger partial charge in [-0.15, -0.1) is 0 Å². The van der Waals surface area contributed by atoms with Gasteiger partial charge < -0.3 is 5.32 Å². The minimum atomic E-state index is -3.41. The maximum absolute atomic E-state index is 12.1. The van der Waals surface area contributed by atoms with E-state index < -0.39 is 10.0 Å². The van der Waals surface area contributed by atoms with Gasteiger partial charge in [-0.25, -0.2) is 13.1 Å². The Labute approximate surface area is 178 Å². The Morgan fingerprint density at radius 3 is 2.19 bits per heavy atom. The molecule has 0 bridgehead atoms. The number of nitrogens with one attached hydrogen (secondary N) is 2. The molecular weight excluding hydrogens is 492 g/mol. The minimum absolute atomic E-state index is 0.313. The third-order valence-corrected chi connectivity index (χ3v) is 5.46. The van der Waals surface area contributed by atoms with E-state index in [9.17, 15) is 8.42 Å². The Hall–Kier alpha value is -0.487. The SMILES string of the molecule is Cc1ccc(S(=O)(=O)NCCNCCCc2ccccc2C)cc1.[Cl][Ru][Cl]. The molecule has 27 heavy (non-hydrogen) atoms. The van der Waals surface area contributed by atoms with Crippen molar-refractivity contribution in [3.63, 3.8) is 0 Å². The van der Waals surface area contributed by atoms with Gasteiger partial charge in [0, 0.05) is 13.1 Å². The van der Waals surface area contributed by atoms with Gasteiger partial charge in [0.2, 0.25) is 10.0 Å². The molecule has 0 radical (unpaired) electrons. The topological polar surface area (TPSA) is 58.2 Å². The fourth-order valence-corrected chi connectivity index (χ4v) is 3.53. The van der Waals surface area contributed by atoms with E-state index in [0.29, 0.717) is 18.0 Å². The summed E-state index contributed by atoms with van der Waals surface area (Å²) in [6.07, 6.45) is 2.07. The molecule has 8 heteroatoms. The van der Waals surface area contributed by atoms with Crippen LogP contribution in [-0.2, 0) is 31.6 Å². The first-order valence-corrected chi connectivity index (χ1v) is 14.5. The summed E-state index contributed by atoms with van der Waals surface area (Å²) in [7, 11) is 6.30. The van der Waals surface area contributed by atoms with Gasteiger partial charge in [0.15, 0.2) is 0 Å². The summed E-state index contributed by atoms with van der Waals surface area (Å²) in [5, 5.41) is 3.28. The molecule has 0 aromatic heterocycles. The van der Waals surface area contributed by atoms with Crippen molar-refractivity contribution < 1.29 is 23.6 Å². The molecule has 0 amide bonds. The van der Waals surface area contributed by atoms with Crippen molar-refractivity contribution in [3.8, 4) is 0 Å². The Balaban J connectivity index is 0.00000114. The molecule has 2 rings (SSSR count). The summed E-state index contributed by atoms with van der Waals surface area (Å²) < 4.78 is 26.9. The van der Waals surface area contributed by atoms with Crippen molar-refractivity contribution in [2.75, 3.05) is 19.6 Å². The van der Waals surface area contributed by atoms with Crippen molar-refractivity contribution in [1.82, 2.24) is 10.0 Å². The second-order valence-corrected chi connectivity index (χ2v) is 10.4. The first-order chi connectivity index (χ1) is 12.9. The molecule has 0 heterocycles. The number of rotatable bonds is 9. The van der Waals surface area contributed by atoms with Crippen molar-refractivity contribution in [3.05, 3.63) is 65.2 Å². The molecule has 0 saturated carbocycles. The molecule has 0 unspecified atom stereocenters. The zero-order valence-corrected chi connectivity index (χ0v) is 19.6. The van der Waals surface area contributed by atoms with Gasteiger partial charge in [0.1, 0.15) is 0 Å². The average Bonchev–Trinajstić information content (AvgIpc) is 2.63. The van der Waals surface area contributed by atoms with Gasteiger partial charge in [-0.1, -0.05) is 42.0 Å². The predicted molar refractivity (Wildman–Crippen MR) is 110 cm³/mol. The molecule has 0 atom stereocenters. The van der Waals surface area contributed by atoms with E-state index >= 15 is 0 Å². The summed E-state index contributed by atoms with van der Waals surface area (Å²) in [5.74, 6) is 0. The van der Waals surface area contributed by atoms with Crippen molar-refractivity contribution >= 4 is 29.4 Å². The predicted octanol–water partition coefficient (Wildman–Crippen LogP) is 4.18. The standard InChI is InChI=1S/C19H26N2O2S.2ClH.Ru/c1-16-9-11-19(12-10-16)24(22,23)21-15-14-20-13-5-8-18-7-4-3-6-17(18)2;;;/h3-4,6-7,9-12,20-21H,5,8,13-15H2,1-2H3;2*1H;/q;;;+2/p-2. The van der Waals surface area contributed by atoms with Gasteiger partial charge in [0.25, 0.3) is 0 Å². The maximum atomic E-state index is 12.1. The number of hydrogen-bond acceptors (Lipinski definition) is 3. The summed E-state index contributed by atoms with van der Waals surface area (Å²) in [6, 6.07) is 15.3. The summed E-state index contributed by atoms with van der Waals surface area (Å²) in [5.41, 5.74) is 3.74. The summed E-state index contributed by atoms with van der Waals surface area (Å²) in [4.78, 5) is 0.313. The third-order valence-electron chi connectivity index (χ3n) is 3.99. The van der Waals surface area contributed by atoms with E-state index in [2.05, 4.69) is 41.2 Å². The van der Waals surface area contributed by atoms with Crippen LogP contribution in [0.1, 0.15) is 23.1 Å². The Bertz CT molecular complexity index is 772. The van der Waals surface area contributed by atoms with Crippen LogP contribution < -0.4 is 10.0 Å². The van der Waals surface area contributed by atoms with Crippen LogP contribution in [0.4, 0.5) is 0 Å². The first-order valence-electron chi connectivity index (χ1n) is 8.57. The molecular formula is C19H26Cl2N2O2RuS. The molecule has 2 N–H and O–H groups in total. The zero-order valence-electron chi connectivity index (χ0n) is 15.5. The van der Waals surface area contributed by atoms with Crippen LogP contribution in [0.5, 0.6) is 0 Å². The van der Waals surface area contributed by atoms with Crippen molar-refractivity contribution in [1.29, 1.82) is 0 Å². The molecule has 0 spiro atoms. The molecule has 0 aliphatic heterocycles. The van der Waals surface area contributed by atoms with Crippen molar-refractivity contribution in [2.24, 2.45) is 0 Å². The van der Waals surface area contributed by atoms with Gasteiger partial charge >= 0.3 is 34.5 Å². The Kier molecular flexibility index (Phi) is 12.4. The van der Waals surface area contributed by atoms with Gasteiger partial charge in [-0.05, 0) is 56.5 Å². The second kappa shape index (κ2) is 13.7. The van der Waals surface area contributed by atoms with Crippen LogP contribution in [0, 0.1) is 13.8 Å². The van der Waals surface area contributed by atoms with E-state index in [1.54, 1.807) is 24.3 Å². The first kappa shape index (κ1) is 24.6. The van der Waals surface area contributed by atoms with E-state index in [1.165, 1.54) is 11.1 Å². The van der Waals surface area contributed by atoms with E-state index in [1.807, 2.05) is 6.92 Å². The zero-order chi connectivity index (χ0) is 20.1. The summed E-state index contributed by atoms with van der Waals surface area (Å²) >= 11 is -0.346. The normalized spacial score (nSPS) is 11.1. The molecule has 2 aromatic carbocycles. The average molecular weight is 518 g/mol. The molecule has 0 saturated heterocycles. The number of sulfonamides is 1. The molecule has 152 valence electrons. The Morgan fingerprint density at radius 2 is 1.56 bits per heavy atom. The number of hydrogen-bond donors (Lipinski definition) is 2. The number of aryl methyl sites for hydroxylation is 3. The Morgan fingerprint density at radius 1 is 0.926 bits per heavy atom. The fraction of sp³-hybridized carbons (Fsp3) is 0.368. The van der Waals surface area contributed by atoms with Crippen LogP contribution in [0.3, 0.4) is 0 Å². The molecule has 0 aliphatic rings. The second-order valence-electron chi connectivity index (χ2n) is 6.04.